The second-order valence-electron chi connectivity index (χ2n) is 6.24. The highest BCUT2D eigenvalue weighted by atomic mass is 19.1. The highest BCUT2D eigenvalue weighted by Gasteiger charge is 2.29. The highest BCUT2D eigenvalue weighted by molar-refractivity contribution is 5.82. The molecule has 1 aromatic carbocycles. The molecule has 0 aromatic heterocycles. The van der Waals surface area contributed by atoms with Gasteiger partial charge in [0.2, 0.25) is 5.91 Å². The van der Waals surface area contributed by atoms with Gasteiger partial charge in [-0.1, -0.05) is 38.3 Å². The van der Waals surface area contributed by atoms with Crippen molar-refractivity contribution < 1.29 is 9.18 Å². The number of carbonyl (C=O) groups is 1. The average molecular weight is 306 g/mol. The summed E-state index contributed by atoms with van der Waals surface area (Å²) in [6, 6.07) is 6.46. The van der Waals surface area contributed by atoms with Gasteiger partial charge in [0.1, 0.15) is 5.82 Å². The lowest BCUT2D eigenvalue weighted by Crippen LogP contribution is -2.48. The first-order chi connectivity index (χ1) is 10.6. The lowest BCUT2D eigenvalue weighted by molar-refractivity contribution is -0.135. The molecule has 0 aliphatic heterocycles. The average Bonchev–Trinajstić information content (AvgIpc) is 3.03. The highest BCUT2D eigenvalue weighted by Crippen LogP contribution is 2.24. The summed E-state index contributed by atoms with van der Waals surface area (Å²) in [7, 11) is 0. The van der Waals surface area contributed by atoms with Gasteiger partial charge in [-0.15, -0.1) is 0 Å². The molecule has 0 heterocycles. The molecule has 2 rings (SSSR count). The van der Waals surface area contributed by atoms with Gasteiger partial charge in [-0.3, -0.25) is 4.79 Å². The van der Waals surface area contributed by atoms with Gasteiger partial charge >= 0.3 is 0 Å². The van der Waals surface area contributed by atoms with E-state index in [9.17, 15) is 9.18 Å². The molecule has 1 fully saturated rings. The third-order valence-corrected chi connectivity index (χ3v) is 4.52. The summed E-state index contributed by atoms with van der Waals surface area (Å²) in [5.41, 5.74) is 7.10. The number of amides is 1. The number of hydrogen-bond acceptors (Lipinski definition) is 2. The Morgan fingerprint density at radius 2 is 1.95 bits per heavy atom. The lowest BCUT2D eigenvalue weighted by atomic mass is 10.1. The summed E-state index contributed by atoms with van der Waals surface area (Å²) in [6.07, 6.45) is 6.94. The van der Waals surface area contributed by atoms with E-state index in [0.29, 0.717) is 12.6 Å². The van der Waals surface area contributed by atoms with E-state index in [1.807, 2.05) is 11.8 Å². The normalized spacial score (nSPS) is 16.7. The SMILES string of the molecule is CCCC(N)C(=O)N(CCc1ccc(F)cc1)C1CCCC1. The molecule has 2 N–H and O–H groups in total. The molecule has 0 saturated heterocycles. The number of rotatable bonds is 7. The molecule has 3 nitrogen and oxygen atoms in total. The first kappa shape index (κ1) is 16.9. The van der Waals surface area contributed by atoms with Crippen LogP contribution in [0.1, 0.15) is 51.0 Å². The Hall–Kier alpha value is -1.42. The maximum absolute atomic E-state index is 13.0. The van der Waals surface area contributed by atoms with E-state index in [2.05, 4.69) is 0 Å². The van der Waals surface area contributed by atoms with Crippen molar-refractivity contribution in [2.75, 3.05) is 6.54 Å². The van der Waals surface area contributed by atoms with E-state index in [4.69, 9.17) is 5.73 Å². The topological polar surface area (TPSA) is 46.3 Å². The number of hydrogen-bond donors (Lipinski definition) is 1. The number of nitrogens with two attached hydrogens (primary N) is 1. The van der Waals surface area contributed by atoms with Crippen LogP contribution in [-0.2, 0) is 11.2 Å². The zero-order chi connectivity index (χ0) is 15.9. The van der Waals surface area contributed by atoms with E-state index < -0.39 is 0 Å². The lowest BCUT2D eigenvalue weighted by Gasteiger charge is -2.31. The number of benzene rings is 1. The Bertz CT molecular complexity index is 468. The molecule has 1 atom stereocenters. The summed E-state index contributed by atoms with van der Waals surface area (Å²) < 4.78 is 13.0. The Morgan fingerprint density at radius 1 is 1.32 bits per heavy atom. The molecule has 0 radical (unpaired) electrons. The Kier molecular flexibility index (Phi) is 6.37. The van der Waals surface area contributed by atoms with Crippen molar-refractivity contribution in [3.63, 3.8) is 0 Å². The molecule has 1 aliphatic rings. The van der Waals surface area contributed by atoms with Gasteiger partial charge in [0.05, 0.1) is 6.04 Å². The first-order valence-electron chi connectivity index (χ1n) is 8.42. The maximum atomic E-state index is 13.0. The Labute approximate surface area is 132 Å². The van der Waals surface area contributed by atoms with Gasteiger partial charge in [-0.05, 0) is 43.4 Å². The van der Waals surface area contributed by atoms with E-state index in [1.54, 1.807) is 12.1 Å². The van der Waals surface area contributed by atoms with Gasteiger partial charge in [0, 0.05) is 12.6 Å². The number of nitrogens with zero attached hydrogens (tertiary/aromatic N) is 1. The second-order valence-corrected chi connectivity index (χ2v) is 6.24. The van der Waals surface area contributed by atoms with Crippen LogP contribution < -0.4 is 5.73 Å². The summed E-state index contributed by atoms with van der Waals surface area (Å²) in [4.78, 5) is 14.6. The molecule has 122 valence electrons. The Morgan fingerprint density at radius 3 is 2.55 bits per heavy atom. The van der Waals surface area contributed by atoms with E-state index in [-0.39, 0.29) is 17.8 Å². The van der Waals surface area contributed by atoms with Crippen LogP contribution in [0.3, 0.4) is 0 Å². The maximum Gasteiger partial charge on any atom is 0.239 e. The van der Waals surface area contributed by atoms with E-state index in [1.165, 1.54) is 25.0 Å². The van der Waals surface area contributed by atoms with Crippen LogP contribution in [-0.4, -0.2) is 29.4 Å². The van der Waals surface area contributed by atoms with Crippen molar-refractivity contribution in [3.8, 4) is 0 Å². The molecule has 22 heavy (non-hydrogen) atoms. The van der Waals surface area contributed by atoms with Crippen molar-refractivity contribution >= 4 is 5.91 Å². The summed E-state index contributed by atoms with van der Waals surface area (Å²) in [6.45, 7) is 2.72. The van der Waals surface area contributed by atoms with Gasteiger partial charge in [-0.25, -0.2) is 4.39 Å². The van der Waals surface area contributed by atoms with Crippen LogP contribution in [0.5, 0.6) is 0 Å². The molecule has 0 bridgehead atoms. The fraction of sp³-hybridized carbons (Fsp3) is 0.611. The monoisotopic (exact) mass is 306 g/mol. The summed E-state index contributed by atoms with van der Waals surface area (Å²) in [5, 5.41) is 0. The van der Waals surface area contributed by atoms with Crippen LogP contribution >= 0.6 is 0 Å². The predicted molar refractivity (Wildman–Crippen MR) is 87.0 cm³/mol. The van der Waals surface area contributed by atoms with Crippen LogP contribution in [0.15, 0.2) is 24.3 Å². The zero-order valence-corrected chi connectivity index (χ0v) is 13.4. The minimum atomic E-state index is -0.390. The van der Waals surface area contributed by atoms with Crippen molar-refractivity contribution in [2.24, 2.45) is 5.73 Å². The van der Waals surface area contributed by atoms with Crippen molar-refractivity contribution in [1.82, 2.24) is 4.90 Å². The molecular formula is C18H27FN2O. The molecule has 1 saturated carbocycles. The summed E-state index contributed by atoms with van der Waals surface area (Å²) in [5.74, 6) is -0.145. The molecule has 0 spiro atoms. The minimum Gasteiger partial charge on any atom is -0.338 e. The van der Waals surface area contributed by atoms with Crippen LogP contribution in [0.2, 0.25) is 0 Å². The largest absolute Gasteiger partial charge is 0.338 e. The van der Waals surface area contributed by atoms with Crippen LogP contribution in [0, 0.1) is 5.82 Å². The molecule has 1 unspecified atom stereocenters. The van der Waals surface area contributed by atoms with Gasteiger partial charge in [0.15, 0.2) is 0 Å². The van der Waals surface area contributed by atoms with Crippen LogP contribution in [0.4, 0.5) is 4.39 Å². The summed E-state index contributed by atoms with van der Waals surface area (Å²) >= 11 is 0. The van der Waals surface area contributed by atoms with Crippen molar-refractivity contribution in [2.45, 2.75) is 64.0 Å². The molecule has 1 amide bonds. The quantitative estimate of drug-likeness (QED) is 0.840. The van der Waals surface area contributed by atoms with Gasteiger partial charge in [0.25, 0.3) is 0 Å². The second kappa shape index (κ2) is 8.28. The minimum absolute atomic E-state index is 0.0795. The number of carbonyl (C=O) groups excluding carboxylic acids is 1. The third-order valence-electron chi connectivity index (χ3n) is 4.52. The first-order valence-corrected chi connectivity index (χ1v) is 8.42. The van der Waals surface area contributed by atoms with Gasteiger partial charge in [-0.2, -0.15) is 0 Å². The van der Waals surface area contributed by atoms with E-state index >= 15 is 0 Å². The smallest absolute Gasteiger partial charge is 0.239 e. The predicted octanol–water partition coefficient (Wildman–Crippen LogP) is 3.27. The van der Waals surface area contributed by atoms with Crippen molar-refractivity contribution in [1.29, 1.82) is 0 Å². The molecule has 4 heteroatoms. The van der Waals surface area contributed by atoms with E-state index in [0.717, 1.165) is 37.7 Å². The number of halogens is 1. The molecular weight excluding hydrogens is 279 g/mol. The van der Waals surface area contributed by atoms with Crippen molar-refractivity contribution in [3.05, 3.63) is 35.6 Å². The fourth-order valence-corrected chi connectivity index (χ4v) is 3.24. The molecule has 1 aromatic rings. The standard InChI is InChI=1S/C18H27FN2O/c1-2-5-17(20)18(22)21(16-6-3-4-7-16)13-12-14-8-10-15(19)11-9-14/h8-11,16-17H,2-7,12-13,20H2,1H3. The van der Waals surface area contributed by atoms with Crippen LogP contribution in [0.25, 0.3) is 0 Å². The van der Waals surface area contributed by atoms with Gasteiger partial charge < -0.3 is 10.6 Å². The Balaban J connectivity index is 2.00. The zero-order valence-electron chi connectivity index (χ0n) is 13.4. The fourth-order valence-electron chi connectivity index (χ4n) is 3.24. The third kappa shape index (κ3) is 4.54. The molecule has 1 aliphatic carbocycles.